The molecule has 0 saturated heterocycles. The molecule has 0 unspecified atom stereocenters. The molecule has 0 bridgehead atoms. The van der Waals surface area contributed by atoms with E-state index in [9.17, 15) is 22.8 Å². The molecule has 2 N–H and O–H groups in total. The molecule has 0 aliphatic heterocycles. The second-order valence-electron chi connectivity index (χ2n) is 9.53. The molecule has 2 amide bonds. The Hall–Kier alpha value is -4.25. The topological polar surface area (TPSA) is 106 Å². The standard InChI is InChI=1S/C27H23ClF3N5O3/c1-26(2,3)25(38)32-13-16-10-11-19(28)22(35-16)23(37)36-20-9-5-8-18-21(20)33-14-34-24(18)39-17-7-4-6-15(12-17)27(29,30)31/h4-12,14H,13H2,1-3H3,(H,32,38)(H,36,37). The van der Waals surface area contributed by atoms with Gasteiger partial charge in [0.05, 0.1) is 33.9 Å². The first-order valence-corrected chi connectivity index (χ1v) is 12.0. The number of anilines is 1. The van der Waals surface area contributed by atoms with E-state index in [1.54, 1.807) is 45.0 Å². The van der Waals surface area contributed by atoms with E-state index in [0.29, 0.717) is 11.1 Å². The largest absolute Gasteiger partial charge is 0.438 e. The summed E-state index contributed by atoms with van der Waals surface area (Å²) in [5, 5.41) is 5.93. The fourth-order valence-corrected chi connectivity index (χ4v) is 3.64. The van der Waals surface area contributed by atoms with Crippen molar-refractivity contribution < 1.29 is 27.5 Å². The maximum atomic E-state index is 13.1. The number of hydrogen-bond donors (Lipinski definition) is 2. The molecule has 2 heterocycles. The molecule has 2 aromatic heterocycles. The number of alkyl halides is 3. The molecule has 0 radical (unpaired) electrons. The van der Waals surface area contributed by atoms with Gasteiger partial charge in [0.2, 0.25) is 11.8 Å². The number of nitrogens with zero attached hydrogens (tertiary/aromatic N) is 3. The number of halogens is 4. The molecule has 0 fully saturated rings. The third-order valence-corrected chi connectivity index (χ3v) is 5.79. The highest BCUT2D eigenvalue weighted by Crippen LogP contribution is 2.34. The normalized spacial score (nSPS) is 11.8. The quantitative estimate of drug-likeness (QED) is 0.284. The van der Waals surface area contributed by atoms with Crippen LogP contribution in [0.3, 0.4) is 0 Å². The average Bonchev–Trinajstić information content (AvgIpc) is 2.87. The third kappa shape index (κ3) is 6.61. The molecule has 2 aromatic carbocycles. The van der Waals surface area contributed by atoms with Gasteiger partial charge in [-0.3, -0.25) is 9.59 Å². The van der Waals surface area contributed by atoms with Crippen LogP contribution in [0.4, 0.5) is 18.9 Å². The van der Waals surface area contributed by atoms with E-state index in [1.165, 1.54) is 24.5 Å². The molecule has 39 heavy (non-hydrogen) atoms. The Morgan fingerprint density at radius 1 is 1.00 bits per heavy atom. The van der Waals surface area contributed by atoms with E-state index in [-0.39, 0.29) is 46.0 Å². The van der Waals surface area contributed by atoms with Gasteiger partial charge in [-0.2, -0.15) is 13.2 Å². The van der Waals surface area contributed by atoms with Gasteiger partial charge in [-0.15, -0.1) is 0 Å². The van der Waals surface area contributed by atoms with E-state index < -0.39 is 23.1 Å². The summed E-state index contributed by atoms with van der Waals surface area (Å²) in [6.45, 7) is 5.44. The molecule has 0 aliphatic rings. The van der Waals surface area contributed by atoms with Crippen LogP contribution in [0.5, 0.6) is 11.6 Å². The van der Waals surface area contributed by atoms with Gasteiger partial charge in [-0.1, -0.05) is 44.5 Å². The number of carbonyl (C=O) groups is 2. The Balaban J connectivity index is 1.58. The van der Waals surface area contributed by atoms with Crippen molar-refractivity contribution in [2.24, 2.45) is 5.41 Å². The van der Waals surface area contributed by atoms with Gasteiger partial charge in [0, 0.05) is 5.41 Å². The molecule has 8 nitrogen and oxygen atoms in total. The van der Waals surface area contributed by atoms with Gasteiger partial charge in [0.1, 0.15) is 23.3 Å². The van der Waals surface area contributed by atoms with Crippen LogP contribution in [0.2, 0.25) is 5.02 Å². The number of rotatable bonds is 6. The smallest absolute Gasteiger partial charge is 0.416 e. The summed E-state index contributed by atoms with van der Waals surface area (Å²) in [7, 11) is 0. The predicted molar refractivity (Wildman–Crippen MR) is 140 cm³/mol. The number of carbonyl (C=O) groups excluding carboxylic acids is 2. The van der Waals surface area contributed by atoms with Crippen molar-refractivity contribution in [1.29, 1.82) is 0 Å². The van der Waals surface area contributed by atoms with Gasteiger partial charge < -0.3 is 15.4 Å². The zero-order valence-electron chi connectivity index (χ0n) is 21.1. The molecule has 0 aliphatic carbocycles. The summed E-state index contributed by atoms with van der Waals surface area (Å²) < 4.78 is 44.9. The number of ether oxygens (including phenoxy) is 1. The number of aromatic nitrogens is 3. The SMILES string of the molecule is CC(C)(C)C(=O)NCc1ccc(Cl)c(C(=O)Nc2cccc3c(Oc4cccc(C(F)(F)F)c4)ncnc23)n1. The first-order valence-electron chi connectivity index (χ1n) is 11.7. The Labute approximate surface area is 226 Å². The van der Waals surface area contributed by atoms with Gasteiger partial charge in [0.25, 0.3) is 5.91 Å². The molecule has 202 valence electrons. The lowest BCUT2D eigenvalue weighted by molar-refractivity contribution is -0.137. The lowest BCUT2D eigenvalue weighted by Crippen LogP contribution is -2.34. The summed E-state index contributed by atoms with van der Waals surface area (Å²) >= 11 is 6.23. The first-order chi connectivity index (χ1) is 18.3. The molecule has 12 heteroatoms. The minimum absolute atomic E-state index is 0.00293. The molecular formula is C27H23ClF3N5O3. The van der Waals surface area contributed by atoms with Crippen molar-refractivity contribution in [3.63, 3.8) is 0 Å². The first kappa shape index (κ1) is 27.8. The van der Waals surface area contributed by atoms with Crippen molar-refractivity contribution in [1.82, 2.24) is 20.3 Å². The lowest BCUT2D eigenvalue weighted by Gasteiger charge is -2.17. The number of pyridine rings is 1. The number of nitrogens with one attached hydrogen (secondary N) is 2. The fourth-order valence-electron chi connectivity index (χ4n) is 3.45. The monoisotopic (exact) mass is 557 g/mol. The Kier molecular flexibility index (Phi) is 7.73. The summed E-state index contributed by atoms with van der Waals surface area (Å²) in [5.74, 6) is -0.868. The number of benzene rings is 2. The average molecular weight is 558 g/mol. The van der Waals surface area contributed by atoms with Crippen LogP contribution in [0.25, 0.3) is 10.9 Å². The Bertz CT molecular complexity index is 1550. The molecule has 4 rings (SSSR count). The Morgan fingerprint density at radius 3 is 2.46 bits per heavy atom. The minimum atomic E-state index is -4.53. The Morgan fingerprint density at radius 2 is 1.74 bits per heavy atom. The van der Waals surface area contributed by atoms with Crippen molar-refractivity contribution >= 4 is 40.0 Å². The van der Waals surface area contributed by atoms with E-state index in [2.05, 4.69) is 25.6 Å². The van der Waals surface area contributed by atoms with E-state index in [1.807, 2.05) is 0 Å². The molecule has 0 atom stereocenters. The summed E-state index contributed by atoms with van der Waals surface area (Å²) in [6.07, 6.45) is -3.36. The highest BCUT2D eigenvalue weighted by molar-refractivity contribution is 6.34. The highest BCUT2D eigenvalue weighted by atomic mass is 35.5. The van der Waals surface area contributed by atoms with Crippen molar-refractivity contribution in [3.05, 3.63) is 82.9 Å². The van der Waals surface area contributed by atoms with Crippen molar-refractivity contribution in [2.75, 3.05) is 5.32 Å². The predicted octanol–water partition coefficient (Wildman–Crippen LogP) is 6.40. The molecule has 0 spiro atoms. The van der Waals surface area contributed by atoms with Crippen LogP contribution >= 0.6 is 11.6 Å². The van der Waals surface area contributed by atoms with Crippen LogP contribution in [-0.4, -0.2) is 26.8 Å². The van der Waals surface area contributed by atoms with Gasteiger partial charge in [-0.25, -0.2) is 15.0 Å². The van der Waals surface area contributed by atoms with Gasteiger partial charge in [0.15, 0.2) is 0 Å². The zero-order valence-corrected chi connectivity index (χ0v) is 21.8. The van der Waals surface area contributed by atoms with Crippen molar-refractivity contribution in [2.45, 2.75) is 33.5 Å². The van der Waals surface area contributed by atoms with E-state index >= 15 is 0 Å². The van der Waals surface area contributed by atoms with Gasteiger partial charge in [-0.05, 0) is 42.5 Å². The maximum Gasteiger partial charge on any atom is 0.416 e. The molecule has 4 aromatic rings. The maximum absolute atomic E-state index is 13.1. The van der Waals surface area contributed by atoms with Crippen LogP contribution in [0.15, 0.2) is 60.9 Å². The minimum Gasteiger partial charge on any atom is -0.438 e. The van der Waals surface area contributed by atoms with E-state index in [4.69, 9.17) is 16.3 Å². The summed E-state index contributed by atoms with van der Waals surface area (Å²) in [5.41, 5.74) is -0.529. The second-order valence-corrected chi connectivity index (χ2v) is 9.94. The van der Waals surface area contributed by atoms with Crippen molar-refractivity contribution in [3.8, 4) is 11.6 Å². The third-order valence-electron chi connectivity index (χ3n) is 5.48. The fraction of sp³-hybridized carbons (Fsp3) is 0.222. The number of para-hydroxylation sites is 1. The second kappa shape index (κ2) is 10.9. The zero-order chi connectivity index (χ0) is 28.4. The molecular weight excluding hydrogens is 535 g/mol. The highest BCUT2D eigenvalue weighted by Gasteiger charge is 2.30. The number of fused-ring (bicyclic) bond motifs is 1. The number of hydrogen-bond acceptors (Lipinski definition) is 6. The lowest BCUT2D eigenvalue weighted by atomic mass is 9.96. The summed E-state index contributed by atoms with van der Waals surface area (Å²) in [6, 6.07) is 12.3. The summed E-state index contributed by atoms with van der Waals surface area (Å²) in [4.78, 5) is 37.8. The van der Waals surface area contributed by atoms with Crippen LogP contribution in [0, 0.1) is 5.41 Å². The number of amides is 2. The van der Waals surface area contributed by atoms with Crippen LogP contribution in [-0.2, 0) is 17.5 Å². The van der Waals surface area contributed by atoms with Gasteiger partial charge >= 0.3 is 6.18 Å². The van der Waals surface area contributed by atoms with Crippen LogP contribution in [0.1, 0.15) is 42.5 Å². The molecule has 0 saturated carbocycles. The van der Waals surface area contributed by atoms with E-state index in [0.717, 1.165) is 12.1 Å². The van der Waals surface area contributed by atoms with Crippen LogP contribution < -0.4 is 15.4 Å².